The Kier molecular flexibility index (Phi) is 3.90. The molecule has 4 aromatic rings. The van der Waals surface area contributed by atoms with Crippen LogP contribution in [-0.4, -0.2) is 27.6 Å². The van der Waals surface area contributed by atoms with Crippen molar-refractivity contribution in [3.63, 3.8) is 0 Å². The predicted molar refractivity (Wildman–Crippen MR) is 106 cm³/mol. The number of nitrogens with zero attached hydrogens (tertiary/aromatic N) is 3. The van der Waals surface area contributed by atoms with Gasteiger partial charge in [0.15, 0.2) is 5.82 Å². The molecule has 132 valence electrons. The predicted octanol–water partition coefficient (Wildman–Crippen LogP) is 4.11. The van der Waals surface area contributed by atoms with Crippen LogP contribution in [0.2, 0.25) is 0 Å². The summed E-state index contributed by atoms with van der Waals surface area (Å²) in [7, 11) is 0. The van der Waals surface area contributed by atoms with Gasteiger partial charge in [0.05, 0.1) is 12.1 Å². The van der Waals surface area contributed by atoms with Crippen LogP contribution in [-0.2, 0) is 6.42 Å². The number of hydrogen-bond acceptors (Lipinski definition) is 5. The highest BCUT2D eigenvalue weighted by Crippen LogP contribution is 2.29. The molecule has 2 aromatic heterocycles. The number of pyridine rings is 1. The van der Waals surface area contributed by atoms with E-state index < -0.39 is 0 Å². The second kappa shape index (κ2) is 6.68. The molecule has 3 heterocycles. The lowest BCUT2D eigenvalue weighted by atomic mass is 10.1. The van der Waals surface area contributed by atoms with E-state index in [-0.39, 0.29) is 6.10 Å². The number of nitrogens with one attached hydrogen (secondary N) is 1. The van der Waals surface area contributed by atoms with Gasteiger partial charge in [-0.05, 0) is 35.9 Å². The van der Waals surface area contributed by atoms with E-state index in [1.165, 1.54) is 5.56 Å². The van der Waals surface area contributed by atoms with Crippen LogP contribution in [0.25, 0.3) is 22.3 Å². The van der Waals surface area contributed by atoms with Crippen LogP contribution in [0.4, 0.5) is 5.82 Å². The lowest BCUT2D eigenvalue weighted by Gasteiger charge is -2.14. The zero-order valence-corrected chi connectivity index (χ0v) is 14.7. The second-order valence-corrected chi connectivity index (χ2v) is 6.58. The molecule has 0 radical (unpaired) electrons. The van der Waals surface area contributed by atoms with Crippen molar-refractivity contribution in [2.75, 3.05) is 11.9 Å². The minimum Gasteiger partial charge on any atom is -0.488 e. The van der Waals surface area contributed by atoms with Gasteiger partial charge in [-0.2, -0.15) is 0 Å². The van der Waals surface area contributed by atoms with Crippen LogP contribution in [0.5, 0.6) is 5.75 Å². The third-order valence-electron chi connectivity index (χ3n) is 4.75. The van der Waals surface area contributed by atoms with E-state index in [1.54, 1.807) is 12.4 Å². The van der Waals surface area contributed by atoms with E-state index in [2.05, 4.69) is 22.4 Å². The molecule has 1 aliphatic heterocycles. The molecule has 0 saturated heterocycles. The molecule has 5 rings (SSSR count). The number of hydrogen-bond donors (Lipinski definition) is 1. The SMILES string of the molecule is c1ccc2c(c1)CC(CNc1nc(-c3ccncc3)nc3ccccc13)O2. The maximum Gasteiger partial charge on any atom is 0.162 e. The number of anilines is 1. The van der Waals surface area contributed by atoms with Gasteiger partial charge >= 0.3 is 0 Å². The Morgan fingerprint density at radius 1 is 0.926 bits per heavy atom. The Balaban J connectivity index is 1.44. The highest BCUT2D eigenvalue weighted by Gasteiger charge is 2.22. The largest absolute Gasteiger partial charge is 0.488 e. The van der Waals surface area contributed by atoms with Gasteiger partial charge < -0.3 is 10.1 Å². The fourth-order valence-electron chi connectivity index (χ4n) is 3.42. The fourth-order valence-corrected chi connectivity index (χ4v) is 3.42. The van der Waals surface area contributed by atoms with Gasteiger partial charge in [-0.25, -0.2) is 9.97 Å². The average molecular weight is 354 g/mol. The van der Waals surface area contributed by atoms with E-state index in [9.17, 15) is 0 Å². The van der Waals surface area contributed by atoms with E-state index in [1.807, 2.05) is 48.5 Å². The van der Waals surface area contributed by atoms with Crippen molar-refractivity contribution in [1.29, 1.82) is 0 Å². The van der Waals surface area contributed by atoms with Gasteiger partial charge in [-0.15, -0.1) is 0 Å². The third kappa shape index (κ3) is 3.08. The van der Waals surface area contributed by atoms with Crippen LogP contribution in [0, 0.1) is 0 Å². The molecule has 1 N–H and O–H groups in total. The molecule has 0 aliphatic carbocycles. The summed E-state index contributed by atoms with van der Waals surface area (Å²) in [4.78, 5) is 13.6. The maximum absolute atomic E-state index is 6.04. The third-order valence-corrected chi connectivity index (χ3v) is 4.75. The second-order valence-electron chi connectivity index (χ2n) is 6.58. The summed E-state index contributed by atoms with van der Waals surface area (Å²) in [5, 5.41) is 4.49. The summed E-state index contributed by atoms with van der Waals surface area (Å²) in [5.41, 5.74) is 3.12. The molecule has 5 heteroatoms. The summed E-state index contributed by atoms with van der Waals surface area (Å²) in [6.07, 6.45) is 4.51. The van der Waals surface area contributed by atoms with Crippen LogP contribution in [0.3, 0.4) is 0 Å². The summed E-state index contributed by atoms with van der Waals surface area (Å²) in [5.74, 6) is 2.50. The molecule has 2 aromatic carbocycles. The molecular formula is C22H18N4O. The number of benzene rings is 2. The number of para-hydroxylation sites is 2. The van der Waals surface area contributed by atoms with Gasteiger partial charge in [0.25, 0.3) is 0 Å². The zero-order chi connectivity index (χ0) is 18.1. The Bertz CT molecular complexity index is 1070. The van der Waals surface area contributed by atoms with E-state index in [0.717, 1.165) is 34.5 Å². The monoisotopic (exact) mass is 354 g/mol. The van der Waals surface area contributed by atoms with Crippen molar-refractivity contribution in [3.8, 4) is 17.1 Å². The molecule has 27 heavy (non-hydrogen) atoms. The van der Waals surface area contributed by atoms with E-state index in [4.69, 9.17) is 14.7 Å². The Morgan fingerprint density at radius 3 is 2.63 bits per heavy atom. The summed E-state index contributed by atoms with van der Waals surface area (Å²) >= 11 is 0. The molecule has 1 aliphatic rings. The standard InChI is InChI=1S/C22H18N4O/c1-4-8-20-16(5-1)13-17(27-20)14-24-22-18-6-2-3-7-19(18)25-21(26-22)15-9-11-23-12-10-15/h1-12,17H,13-14H2,(H,24,25,26). The maximum atomic E-state index is 6.04. The Labute approximate surface area is 157 Å². The first-order chi connectivity index (χ1) is 13.4. The first kappa shape index (κ1) is 15.8. The van der Waals surface area contributed by atoms with Crippen molar-refractivity contribution in [2.24, 2.45) is 0 Å². The van der Waals surface area contributed by atoms with Crippen molar-refractivity contribution in [2.45, 2.75) is 12.5 Å². The molecule has 0 spiro atoms. The topological polar surface area (TPSA) is 59.9 Å². The lowest BCUT2D eigenvalue weighted by molar-refractivity contribution is 0.246. The number of ether oxygens (including phenoxy) is 1. The van der Waals surface area contributed by atoms with Crippen LogP contribution in [0.1, 0.15) is 5.56 Å². The molecule has 5 nitrogen and oxygen atoms in total. The number of aromatic nitrogens is 3. The molecule has 1 unspecified atom stereocenters. The number of rotatable bonds is 4. The van der Waals surface area contributed by atoms with Gasteiger partial charge in [-0.3, -0.25) is 4.98 Å². The highest BCUT2D eigenvalue weighted by atomic mass is 16.5. The van der Waals surface area contributed by atoms with Crippen LogP contribution < -0.4 is 10.1 Å². The van der Waals surface area contributed by atoms with E-state index >= 15 is 0 Å². The van der Waals surface area contributed by atoms with Crippen LogP contribution >= 0.6 is 0 Å². The molecule has 1 atom stereocenters. The average Bonchev–Trinajstić information content (AvgIpc) is 3.15. The first-order valence-corrected chi connectivity index (χ1v) is 9.02. The van der Waals surface area contributed by atoms with E-state index in [0.29, 0.717) is 12.4 Å². The molecule has 0 saturated carbocycles. The van der Waals surface area contributed by atoms with Crippen molar-refractivity contribution in [1.82, 2.24) is 15.0 Å². The summed E-state index contributed by atoms with van der Waals surface area (Å²) < 4.78 is 6.04. The fraction of sp³-hybridized carbons (Fsp3) is 0.136. The smallest absolute Gasteiger partial charge is 0.162 e. The quantitative estimate of drug-likeness (QED) is 0.598. The Morgan fingerprint density at radius 2 is 1.74 bits per heavy atom. The zero-order valence-electron chi connectivity index (χ0n) is 14.7. The van der Waals surface area contributed by atoms with Crippen molar-refractivity contribution < 1.29 is 4.74 Å². The normalized spacial score (nSPS) is 15.3. The highest BCUT2D eigenvalue weighted by molar-refractivity contribution is 5.90. The minimum atomic E-state index is 0.0977. The van der Waals surface area contributed by atoms with Gasteiger partial charge in [-0.1, -0.05) is 30.3 Å². The van der Waals surface area contributed by atoms with Gasteiger partial charge in [0, 0.05) is 29.8 Å². The van der Waals surface area contributed by atoms with Gasteiger partial charge in [0.2, 0.25) is 0 Å². The molecule has 0 bridgehead atoms. The van der Waals surface area contributed by atoms with Crippen LogP contribution in [0.15, 0.2) is 73.1 Å². The summed E-state index contributed by atoms with van der Waals surface area (Å²) in [6, 6.07) is 20.1. The minimum absolute atomic E-state index is 0.0977. The molecular weight excluding hydrogens is 336 g/mol. The lowest BCUT2D eigenvalue weighted by Crippen LogP contribution is -2.24. The molecule has 0 amide bonds. The molecule has 0 fully saturated rings. The first-order valence-electron chi connectivity index (χ1n) is 9.02. The number of fused-ring (bicyclic) bond motifs is 2. The van der Waals surface area contributed by atoms with Crippen molar-refractivity contribution in [3.05, 3.63) is 78.6 Å². The van der Waals surface area contributed by atoms with Crippen molar-refractivity contribution >= 4 is 16.7 Å². The summed E-state index contributed by atoms with van der Waals surface area (Å²) in [6.45, 7) is 0.686. The Hall–Kier alpha value is -3.47. The van der Waals surface area contributed by atoms with Gasteiger partial charge in [0.1, 0.15) is 17.7 Å².